The number of piperidine rings is 1. The van der Waals surface area contributed by atoms with Gasteiger partial charge in [-0.2, -0.15) is 13.2 Å². The van der Waals surface area contributed by atoms with E-state index in [1.54, 1.807) is 0 Å². The number of carbonyl (C=O) groups is 1. The standard InChI is InChI=1S/C17H23F3N2O/c1-12(2)22-9-5-6-13(11-22)10-21-16(23)14-7-3-4-8-15(14)17(18,19)20/h3-4,7-8,12-13H,5-6,9-11H2,1-2H3,(H,21,23)/t13-/m1/s1. The van der Waals surface area contributed by atoms with Gasteiger partial charge in [0.05, 0.1) is 11.1 Å². The lowest BCUT2D eigenvalue weighted by atomic mass is 9.96. The predicted molar refractivity (Wildman–Crippen MR) is 83.2 cm³/mol. The van der Waals surface area contributed by atoms with Crippen molar-refractivity contribution < 1.29 is 18.0 Å². The minimum atomic E-state index is -4.52. The van der Waals surface area contributed by atoms with Gasteiger partial charge in [-0.05, 0) is 51.3 Å². The van der Waals surface area contributed by atoms with Crippen molar-refractivity contribution in [3.8, 4) is 0 Å². The predicted octanol–water partition coefficient (Wildman–Crippen LogP) is 3.56. The average molecular weight is 328 g/mol. The molecule has 1 aliphatic rings. The SMILES string of the molecule is CC(C)N1CCC[C@H](CNC(=O)c2ccccc2C(F)(F)F)C1. The molecule has 0 radical (unpaired) electrons. The van der Waals surface area contributed by atoms with Crippen LogP contribution in [0.1, 0.15) is 42.6 Å². The van der Waals surface area contributed by atoms with Gasteiger partial charge in [-0.25, -0.2) is 0 Å². The topological polar surface area (TPSA) is 32.3 Å². The second kappa shape index (κ2) is 7.34. The first-order chi connectivity index (χ1) is 10.8. The normalized spacial score (nSPS) is 19.8. The summed E-state index contributed by atoms with van der Waals surface area (Å²) in [5, 5.41) is 2.68. The highest BCUT2D eigenvalue weighted by Crippen LogP contribution is 2.31. The van der Waals surface area contributed by atoms with Crippen LogP contribution in [0.4, 0.5) is 13.2 Å². The zero-order valence-corrected chi connectivity index (χ0v) is 13.5. The van der Waals surface area contributed by atoms with Crippen molar-refractivity contribution in [3.63, 3.8) is 0 Å². The fourth-order valence-electron chi connectivity index (χ4n) is 2.99. The van der Waals surface area contributed by atoms with Gasteiger partial charge >= 0.3 is 6.18 Å². The van der Waals surface area contributed by atoms with E-state index in [0.29, 0.717) is 12.6 Å². The highest BCUT2D eigenvalue weighted by Gasteiger charge is 2.35. The van der Waals surface area contributed by atoms with Crippen LogP contribution in [0.25, 0.3) is 0 Å². The Hall–Kier alpha value is -1.56. The first-order valence-electron chi connectivity index (χ1n) is 7.97. The van der Waals surface area contributed by atoms with Crippen LogP contribution in [0.15, 0.2) is 24.3 Å². The molecule has 0 bridgehead atoms. The zero-order chi connectivity index (χ0) is 17.0. The fraction of sp³-hybridized carbons (Fsp3) is 0.588. The van der Waals surface area contributed by atoms with Crippen LogP contribution in [0.3, 0.4) is 0 Å². The molecule has 1 saturated heterocycles. The summed E-state index contributed by atoms with van der Waals surface area (Å²) in [6.45, 7) is 6.58. The van der Waals surface area contributed by atoms with Crippen LogP contribution in [0.5, 0.6) is 0 Å². The molecule has 1 aliphatic heterocycles. The molecule has 1 aromatic rings. The molecular weight excluding hydrogens is 305 g/mol. The maximum atomic E-state index is 13.0. The Morgan fingerprint density at radius 3 is 2.70 bits per heavy atom. The number of rotatable bonds is 4. The molecule has 0 unspecified atom stereocenters. The van der Waals surface area contributed by atoms with Crippen molar-refractivity contribution in [2.75, 3.05) is 19.6 Å². The summed E-state index contributed by atoms with van der Waals surface area (Å²) in [6.07, 6.45) is -2.48. The van der Waals surface area contributed by atoms with E-state index in [9.17, 15) is 18.0 Å². The smallest absolute Gasteiger partial charge is 0.352 e. The Labute approximate surface area is 134 Å². The Balaban J connectivity index is 1.98. The number of benzene rings is 1. The molecule has 0 aliphatic carbocycles. The molecule has 1 heterocycles. The van der Waals surface area contributed by atoms with Gasteiger partial charge in [-0.3, -0.25) is 4.79 Å². The number of likely N-dealkylation sites (tertiary alicyclic amines) is 1. The number of halogens is 3. The van der Waals surface area contributed by atoms with Gasteiger partial charge in [-0.15, -0.1) is 0 Å². The quantitative estimate of drug-likeness (QED) is 0.917. The first kappa shape index (κ1) is 17.8. The second-order valence-corrected chi connectivity index (χ2v) is 6.35. The van der Waals surface area contributed by atoms with Gasteiger partial charge in [0.1, 0.15) is 0 Å². The highest BCUT2D eigenvalue weighted by molar-refractivity contribution is 5.95. The third-order valence-corrected chi connectivity index (χ3v) is 4.31. The van der Waals surface area contributed by atoms with E-state index >= 15 is 0 Å². The van der Waals surface area contributed by atoms with Crippen LogP contribution in [-0.4, -0.2) is 36.5 Å². The number of carbonyl (C=O) groups excluding carboxylic acids is 1. The first-order valence-corrected chi connectivity index (χ1v) is 7.97. The molecule has 3 nitrogen and oxygen atoms in total. The molecule has 2 rings (SSSR count). The maximum Gasteiger partial charge on any atom is 0.417 e. The zero-order valence-electron chi connectivity index (χ0n) is 13.5. The van der Waals surface area contributed by atoms with Gasteiger partial charge in [0.2, 0.25) is 0 Å². The molecular formula is C17H23F3N2O. The Bertz CT molecular complexity index is 543. The van der Waals surface area contributed by atoms with Crippen molar-refractivity contribution in [2.45, 2.75) is 38.9 Å². The summed E-state index contributed by atoms with van der Waals surface area (Å²) in [6, 6.07) is 5.35. The molecule has 1 atom stereocenters. The lowest BCUT2D eigenvalue weighted by Gasteiger charge is -2.35. The lowest BCUT2D eigenvalue weighted by Crippen LogP contribution is -2.43. The van der Waals surface area contributed by atoms with Crippen LogP contribution < -0.4 is 5.32 Å². The molecule has 128 valence electrons. The van der Waals surface area contributed by atoms with Crippen molar-refractivity contribution in [1.82, 2.24) is 10.2 Å². The van der Waals surface area contributed by atoms with Crippen LogP contribution in [-0.2, 0) is 6.18 Å². The monoisotopic (exact) mass is 328 g/mol. The van der Waals surface area contributed by atoms with E-state index in [1.165, 1.54) is 18.2 Å². The summed E-state index contributed by atoms with van der Waals surface area (Å²) in [7, 11) is 0. The van der Waals surface area contributed by atoms with E-state index in [1.807, 2.05) is 0 Å². The van der Waals surface area contributed by atoms with E-state index in [-0.39, 0.29) is 11.5 Å². The van der Waals surface area contributed by atoms with Gasteiger partial charge < -0.3 is 10.2 Å². The number of hydrogen-bond donors (Lipinski definition) is 1. The molecule has 0 spiro atoms. The summed E-state index contributed by atoms with van der Waals surface area (Å²) >= 11 is 0. The molecule has 23 heavy (non-hydrogen) atoms. The maximum absolute atomic E-state index is 13.0. The molecule has 1 aromatic carbocycles. The second-order valence-electron chi connectivity index (χ2n) is 6.35. The number of nitrogens with one attached hydrogen (secondary N) is 1. The van der Waals surface area contributed by atoms with E-state index < -0.39 is 17.6 Å². The van der Waals surface area contributed by atoms with E-state index in [0.717, 1.165) is 32.0 Å². The molecule has 1 fully saturated rings. The molecule has 0 aromatic heterocycles. The van der Waals surface area contributed by atoms with Crippen molar-refractivity contribution >= 4 is 5.91 Å². The van der Waals surface area contributed by atoms with Crippen molar-refractivity contribution in [2.24, 2.45) is 5.92 Å². The van der Waals surface area contributed by atoms with E-state index in [2.05, 4.69) is 24.1 Å². The Kier molecular flexibility index (Phi) is 5.68. The fourth-order valence-corrected chi connectivity index (χ4v) is 2.99. The summed E-state index contributed by atoms with van der Waals surface area (Å²) < 4.78 is 38.9. The molecule has 6 heteroatoms. The van der Waals surface area contributed by atoms with Crippen molar-refractivity contribution in [1.29, 1.82) is 0 Å². The molecule has 0 saturated carbocycles. The van der Waals surface area contributed by atoms with Gasteiger partial charge in [-0.1, -0.05) is 12.1 Å². The van der Waals surface area contributed by atoms with Crippen molar-refractivity contribution in [3.05, 3.63) is 35.4 Å². The van der Waals surface area contributed by atoms with Gasteiger partial charge in [0.15, 0.2) is 0 Å². The van der Waals surface area contributed by atoms with Crippen LogP contribution in [0, 0.1) is 5.92 Å². The molecule has 1 N–H and O–H groups in total. The minimum Gasteiger partial charge on any atom is -0.352 e. The minimum absolute atomic E-state index is 0.285. The van der Waals surface area contributed by atoms with E-state index in [4.69, 9.17) is 0 Å². The van der Waals surface area contributed by atoms with Crippen LogP contribution in [0.2, 0.25) is 0 Å². The third kappa shape index (κ3) is 4.70. The third-order valence-electron chi connectivity index (χ3n) is 4.31. The number of hydrogen-bond acceptors (Lipinski definition) is 2. The van der Waals surface area contributed by atoms with Gasteiger partial charge in [0, 0.05) is 19.1 Å². The summed E-state index contributed by atoms with van der Waals surface area (Å²) in [5.74, 6) is -0.368. The Morgan fingerprint density at radius 2 is 2.04 bits per heavy atom. The van der Waals surface area contributed by atoms with Crippen LogP contribution >= 0.6 is 0 Å². The van der Waals surface area contributed by atoms with Gasteiger partial charge in [0.25, 0.3) is 5.91 Å². The number of alkyl halides is 3. The summed E-state index contributed by atoms with van der Waals surface area (Å²) in [5.41, 5.74) is -1.19. The molecule has 1 amide bonds. The summed E-state index contributed by atoms with van der Waals surface area (Å²) in [4.78, 5) is 14.5. The number of nitrogens with zero attached hydrogens (tertiary/aromatic N) is 1. The number of amides is 1. The largest absolute Gasteiger partial charge is 0.417 e. The lowest BCUT2D eigenvalue weighted by molar-refractivity contribution is -0.137. The average Bonchev–Trinajstić information content (AvgIpc) is 2.52. The highest BCUT2D eigenvalue weighted by atomic mass is 19.4. The Morgan fingerprint density at radius 1 is 1.35 bits per heavy atom.